The molecule has 64 valence electrons. The third-order valence-electron chi connectivity index (χ3n) is 2.30. The van der Waals surface area contributed by atoms with E-state index >= 15 is 0 Å². The lowest BCUT2D eigenvalue weighted by atomic mass is 10.0. The Bertz CT molecular complexity index is 269. The van der Waals surface area contributed by atoms with Crippen LogP contribution in [0.1, 0.15) is 23.9 Å². The number of hydrogen-bond donors (Lipinski definition) is 1. The van der Waals surface area contributed by atoms with Crippen LogP contribution in [-0.2, 0) is 19.4 Å². The standard InChI is InChI=1S/C9H13N3/c1-2-8-7-3-4-10-5-9(7)12-6-11-8/h6,10H,2-5H2,1H3. The molecular formula is C9H13N3. The van der Waals surface area contributed by atoms with E-state index in [4.69, 9.17) is 0 Å². The lowest BCUT2D eigenvalue weighted by Crippen LogP contribution is -2.26. The molecule has 1 aromatic rings. The van der Waals surface area contributed by atoms with E-state index < -0.39 is 0 Å². The zero-order valence-corrected chi connectivity index (χ0v) is 7.30. The first-order valence-electron chi connectivity index (χ1n) is 4.44. The molecular weight excluding hydrogens is 150 g/mol. The van der Waals surface area contributed by atoms with Crippen LogP contribution < -0.4 is 5.32 Å². The number of rotatable bonds is 1. The molecule has 0 bridgehead atoms. The van der Waals surface area contributed by atoms with Crippen molar-refractivity contribution in [1.82, 2.24) is 15.3 Å². The maximum absolute atomic E-state index is 4.27. The van der Waals surface area contributed by atoms with Gasteiger partial charge in [0.2, 0.25) is 0 Å². The van der Waals surface area contributed by atoms with Crippen LogP contribution in [0.3, 0.4) is 0 Å². The Morgan fingerprint density at radius 1 is 1.50 bits per heavy atom. The Morgan fingerprint density at radius 3 is 3.25 bits per heavy atom. The van der Waals surface area contributed by atoms with Crippen molar-refractivity contribution in [1.29, 1.82) is 0 Å². The van der Waals surface area contributed by atoms with Gasteiger partial charge in [0.25, 0.3) is 0 Å². The maximum atomic E-state index is 4.27. The van der Waals surface area contributed by atoms with Crippen molar-refractivity contribution < 1.29 is 0 Å². The van der Waals surface area contributed by atoms with Gasteiger partial charge < -0.3 is 5.32 Å². The molecule has 3 heteroatoms. The predicted octanol–water partition coefficient (Wildman–Crippen LogP) is 0.685. The van der Waals surface area contributed by atoms with Gasteiger partial charge >= 0.3 is 0 Å². The molecule has 2 rings (SSSR count). The highest BCUT2D eigenvalue weighted by molar-refractivity contribution is 5.26. The lowest BCUT2D eigenvalue weighted by Gasteiger charge is -2.17. The van der Waals surface area contributed by atoms with E-state index in [2.05, 4.69) is 22.2 Å². The van der Waals surface area contributed by atoms with Gasteiger partial charge in [0, 0.05) is 12.2 Å². The Balaban J connectivity index is 2.44. The van der Waals surface area contributed by atoms with Crippen molar-refractivity contribution >= 4 is 0 Å². The molecule has 1 aliphatic heterocycles. The Hall–Kier alpha value is -0.960. The molecule has 3 nitrogen and oxygen atoms in total. The van der Waals surface area contributed by atoms with Crippen molar-refractivity contribution in [2.24, 2.45) is 0 Å². The average Bonchev–Trinajstić information content (AvgIpc) is 2.17. The van der Waals surface area contributed by atoms with Gasteiger partial charge in [-0.25, -0.2) is 9.97 Å². The fourth-order valence-corrected chi connectivity index (χ4v) is 1.66. The summed E-state index contributed by atoms with van der Waals surface area (Å²) in [5.41, 5.74) is 3.79. The van der Waals surface area contributed by atoms with Crippen LogP contribution in [0.15, 0.2) is 6.33 Å². The van der Waals surface area contributed by atoms with Gasteiger partial charge in [-0.15, -0.1) is 0 Å². The van der Waals surface area contributed by atoms with Crippen LogP contribution in [-0.4, -0.2) is 16.5 Å². The lowest BCUT2D eigenvalue weighted by molar-refractivity contribution is 0.615. The molecule has 2 heterocycles. The second kappa shape index (κ2) is 3.19. The molecule has 0 unspecified atom stereocenters. The number of fused-ring (bicyclic) bond motifs is 1. The van der Waals surface area contributed by atoms with Gasteiger partial charge in [-0.2, -0.15) is 0 Å². The Morgan fingerprint density at radius 2 is 2.42 bits per heavy atom. The molecule has 1 aromatic heterocycles. The summed E-state index contributed by atoms with van der Waals surface area (Å²) in [7, 11) is 0. The van der Waals surface area contributed by atoms with Crippen molar-refractivity contribution in [2.45, 2.75) is 26.3 Å². The minimum absolute atomic E-state index is 0.908. The summed E-state index contributed by atoms with van der Waals surface area (Å²) < 4.78 is 0. The molecule has 1 aliphatic rings. The fourth-order valence-electron chi connectivity index (χ4n) is 1.66. The molecule has 0 aromatic carbocycles. The monoisotopic (exact) mass is 163 g/mol. The second-order valence-electron chi connectivity index (χ2n) is 3.03. The van der Waals surface area contributed by atoms with E-state index in [0.717, 1.165) is 25.9 Å². The molecule has 0 radical (unpaired) electrons. The summed E-state index contributed by atoms with van der Waals surface area (Å²) in [5.74, 6) is 0. The number of hydrogen-bond acceptors (Lipinski definition) is 3. The summed E-state index contributed by atoms with van der Waals surface area (Å²) >= 11 is 0. The molecule has 0 atom stereocenters. The van der Waals surface area contributed by atoms with Crippen molar-refractivity contribution in [3.8, 4) is 0 Å². The maximum Gasteiger partial charge on any atom is 0.116 e. The van der Waals surface area contributed by atoms with E-state index in [1.54, 1.807) is 6.33 Å². The van der Waals surface area contributed by atoms with Crippen LogP contribution >= 0.6 is 0 Å². The van der Waals surface area contributed by atoms with E-state index in [9.17, 15) is 0 Å². The smallest absolute Gasteiger partial charge is 0.116 e. The van der Waals surface area contributed by atoms with Crippen LogP contribution in [0.4, 0.5) is 0 Å². The van der Waals surface area contributed by atoms with Crippen LogP contribution in [0.5, 0.6) is 0 Å². The summed E-state index contributed by atoms with van der Waals surface area (Å²) in [6, 6.07) is 0. The normalized spacial score (nSPS) is 15.8. The highest BCUT2D eigenvalue weighted by Gasteiger charge is 2.12. The van der Waals surface area contributed by atoms with E-state index in [1.807, 2.05) is 0 Å². The third-order valence-corrected chi connectivity index (χ3v) is 2.30. The topological polar surface area (TPSA) is 37.8 Å². The SMILES string of the molecule is CCc1ncnc2c1CCNC2. The Kier molecular flexibility index (Phi) is 2.04. The van der Waals surface area contributed by atoms with Crippen molar-refractivity contribution in [3.63, 3.8) is 0 Å². The molecule has 0 amide bonds. The van der Waals surface area contributed by atoms with Crippen LogP contribution in [0.25, 0.3) is 0 Å². The molecule has 12 heavy (non-hydrogen) atoms. The summed E-state index contributed by atoms with van der Waals surface area (Å²) in [6.07, 6.45) is 3.77. The minimum Gasteiger partial charge on any atom is -0.311 e. The van der Waals surface area contributed by atoms with Gasteiger partial charge in [-0.05, 0) is 24.9 Å². The summed E-state index contributed by atoms with van der Waals surface area (Å²) in [4.78, 5) is 8.53. The second-order valence-corrected chi connectivity index (χ2v) is 3.03. The number of nitrogens with zero attached hydrogens (tertiary/aromatic N) is 2. The van der Waals surface area contributed by atoms with Gasteiger partial charge in [-0.1, -0.05) is 6.92 Å². The van der Waals surface area contributed by atoms with Gasteiger partial charge in [0.05, 0.1) is 5.69 Å². The van der Waals surface area contributed by atoms with Gasteiger partial charge in [0.1, 0.15) is 6.33 Å². The number of aryl methyl sites for hydroxylation is 1. The molecule has 0 aliphatic carbocycles. The zero-order valence-electron chi connectivity index (χ0n) is 7.30. The molecule has 1 N–H and O–H groups in total. The summed E-state index contributed by atoms with van der Waals surface area (Å²) in [6.45, 7) is 4.11. The quantitative estimate of drug-likeness (QED) is 0.661. The largest absolute Gasteiger partial charge is 0.311 e. The summed E-state index contributed by atoms with van der Waals surface area (Å²) in [5, 5.41) is 3.30. The first kappa shape index (κ1) is 7.68. The van der Waals surface area contributed by atoms with E-state index in [-0.39, 0.29) is 0 Å². The van der Waals surface area contributed by atoms with E-state index in [0.29, 0.717) is 0 Å². The molecule has 0 saturated carbocycles. The number of aromatic nitrogens is 2. The fraction of sp³-hybridized carbons (Fsp3) is 0.556. The van der Waals surface area contributed by atoms with Gasteiger partial charge in [0.15, 0.2) is 0 Å². The minimum atomic E-state index is 0.908. The molecule has 0 saturated heterocycles. The first-order chi connectivity index (χ1) is 5.92. The first-order valence-corrected chi connectivity index (χ1v) is 4.44. The zero-order chi connectivity index (χ0) is 8.39. The highest BCUT2D eigenvalue weighted by atomic mass is 14.9. The highest BCUT2D eigenvalue weighted by Crippen LogP contribution is 2.14. The molecule has 0 fully saturated rings. The van der Waals surface area contributed by atoms with Gasteiger partial charge in [-0.3, -0.25) is 0 Å². The van der Waals surface area contributed by atoms with E-state index in [1.165, 1.54) is 17.0 Å². The predicted molar refractivity (Wildman–Crippen MR) is 46.8 cm³/mol. The van der Waals surface area contributed by atoms with Crippen molar-refractivity contribution in [3.05, 3.63) is 23.3 Å². The Labute approximate surface area is 72.2 Å². The van der Waals surface area contributed by atoms with Crippen molar-refractivity contribution in [2.75, 3.05) is 6.54 Å². The average molecular weight is 163 g/mol. The number of nitrogens with one attached hydrogen (secondary N) is 1. The third kappa shape index (κ3) is 1.20. The van der Waals surface area contributed by atoms with Crippen LogP contribution in [0.2, 0.25) is 0 Å². The van der Waals surface area contributed by atoms with Crippen LogP contribution in [0, 0.1) is 0 Å². The molecule has 0 spiro atoms.